The van der Waals surface area contributed by atoms with Crippen molar-refractivity contribution in [3.05, 3.63) is 65.2 Å². The molecule has 0 spiro atoms. The highest BCUT2D eigenvalue weighted by Gasteiger charge is 2.13. The van der Waals surface area contributed by atoms with Crippen molar-refractivity contribution in [2.24, 2.45) is 0 Å². The molecule has 1 amide bonds. The van der Waals surface area contributed by atoms with E-state index in [9.17, 15) is 9.59 Å². The van der Waals surface area contributed by atoms with Crippen LogP contribution in [0.2, 0.25) is 0 Å². The van der Waals surface area contributed by atoms with Gasteiger partial charge < -0.3 is 15.2 Å². The Morgan fingerprint density at radius 2 is 1.72 bits per heavy atom. The fourth-order valence-corrected chi connectivity index (χ4v) is 2.60. The Hall–Kier alpha value is -2.82. The van der Waals surface area contributed by atoms with Gasteiger partial charge in [-0.3, -0.25) is 4.79 Å². The van der Waals surface area contributed by atoms with Crippen LogP contribution in [0.4, 0.5) is 0 Å². The molecule has 2 rings (SSSR count). The molecule has 2 aromatic rings. The molecule has 25 heavy (non-hydrogen) atoms. The van der Waals surface area contributed by atoms with Crippen LogP contribution in [0.25, 0.3) is 0 Å². The van der Waals surface area contributed by atoms with Crippen molar-refractivity contribution in [1.82, 2.24) is 5.32 Å². The van der Waals surface area contributed by atoms with E-state index < -0.39 is 5.97 Å². The first-order valence-corrected chi connectivity index (χ1v) is 8.29. The summed E-state index contributed by atoms with van der Waals surface area (Å²) in [5, 5.41) is 11.9. The average Bonchev–Trinajstić information content (AvgIpc) is 2.65. The predicted molar refractivity (Wildman–Crippen MR) is 95.9 cm³/mol. The van der Waals surface area contributed by atoms with Crippen molar-refractivity contribution in [2.75, 3.05) is 7.11 Å². The summed E-state index contributed by atoms with van der Waals surface area (Å²) in [6.07, 6.45) is 1.73. The normalized spacial score (nSPS) is 11.6. The van der Waals surface area contributed by atoms with Crippen molar-refractivity contribution in [3.8, 4) is 5.75 Å². The molecule has 0 radical (unpaired) electrons. The molecular weight excluding hydrogens is 318 g/mol. The van der Waals surface area contributed by atoms with Gasteiger partial charge in [0, 0.05) is 6.42 Å². The summed E-state index contributed by atoms with van der Waals surface area (Å²) >= 11 is 0. The van der Waals surface area contributed by atoms with Gasteiger partial charge in [0.05, 0.1) is 18.7 Å². The largest absolute Gasteiger partial charge is 0.497 e. The topological polar surface area (TPSA) is 75.6 Å². The fourth-order valence-electron chi connectivity index (χ4n) is 2.60. The third kappa shape index (κ3) is 5.35. The predicted octanol–water partition coefficient (Wildman–Crippen LogP) is 3.59. The number of carbonyl (C=O) groups excluding carboxylic acids is 1. The molecule has 0 heterocycles. The second-order valence-electron chi connectivity index (χ2n) is 5.80. The zero-order valence-electron chi connectivity index (χ0n) is 14.5. The lowest BCUT2D eigenvalue weighted by Crippen LogP contribution is -2.28. The molecule has 0 aliphatic heterocycles. The third-order valence-electron chi connectivity index (χ3n) is 4.10. The van der Waals surface area contributed by atoms with Crippen LogP contribution in [0.3, 0.4) is 0 Å². The maximum atomic E-state index is 12.2. The lowest BCUT2D eigenvalue weighted by atomic mass is 10.0. The summed E-state index contributed by atoms with van der Waals surface area (Å²) in [6.45, 7) is 2.03. The second-order valence-corrected chi connectivity index (χ2v) is 5.80. The summed E-state index contributed by atoms with van der Waals surface area (Å²) in [4.78, 5) is 23.1. The number of hydrogen-bond acceptors (Lipinski definition) is 3. The van der Waals surface area contributed by atoms with E-state index >= 15 is 0 Å². The maximum Gasteiger partial charge on any atom is 0.335 e. The maximum absolute atomic E-state index is 12.2. The van der Waals surface area contributed by atoms with E-state index in [4.69, 9.17) is 9.84 Å². The van der Waals surface area contributed by atoms with E-state index in [-0.39, 0.29) is 17.5 Å². The molecule has 132 valence electrons. The number of aromatic carboxylic acids is 1. The molecule has 5 heteroatoms. The number of benzene rings is 2. The van der Waals surface area contributed by atoms with Gasteiger partial charge in [-0.2, -0.15) is 0 Å². The molecule has 1 unspecified atom stereocenters. The van der Waals surface area contributed by atoms with Crippen LogP contribution in [0.5, 0.6) is 5.75 Å². The van der Waals surface area contributed by atoms with Crippen LogP contribution in [-0.2, 0) is 11.2 Å². The molecule has 0 bridgehead atoms. The van der Waals surface area contributed by atoms with Gasteiger partial charge in [0.15, 0.2) is 0 Å². The zero-order chi connectivity index (χ0) is 18.2. The Balaban J connectivity index is 1.89. The number of carboxylic acid groups (broad SMARTS) is 1. The minimum atomic E-state index is -0.949. The average molecular weight is 341 g/mol. The quantitative estimate of drug-likeness (QED) is 0.769. The number of ether oxygens (including phenoxy) is 1. The molecule has 5 nitrogen and oxygen atoms in total. The van der Waals surface area contributed by atoms with E-state index in [1.54, 1.807) is 31.4 Å². The van der Waals surface area contributed by atoms with Gasteiger partial charge in [-0.05, 0) is 48.2 Å². The fraction of sp³-hybridized carbons (Fsp3) is 0.300. The number of methoxy groups -OCH3 is 1. The minimum absolute atomic E-state index is 0.0232. The van der Waals surface area contributed by atoms with E-state index in [0.717, 1.165) is 23.3 Å². The molecule has 0 saturated heterocycles. The summed E-state index contributed by atoms with van der Waals surface area (Å²) in [6, 6.07) is 14.3. The first kappa shape index (κ1) is 18.5. The summed E-state index contributed by atoms with van der Waals surface area (Å²) < 4.78 is 5.15. The Bertz CT molecular complexity index is 707. The third-order valence-corrected chi connectivity index (χ3v) is 4.10. The Morgan fingerprint density at radius 1 is 1.08 bits per heavy atom. The van der Waals surface area contributed by atoms with Crippen LogP contribution in [0.1, 0.15) is 47.3 Å². The molecule has 1 atom stereocenters. The number of rotatable bonds is 8. The highest BCUT2D eigenvalue weighted by atomic mass is 16.5. The minimum Gasteiger partial charge on any atom is -0.497 e. The van der Waals surface area contributed by atoms with E-state index in [1.807, 2.05) is 31.2 Å². The van der Waals surface area contributed by atoms with Crippen LogP contribution >= 0.6 is 0 Å². The Labute approximate surface area is 147 Å². The molecule has 0 aliphatic carbocycles. The zero-order valence-corrected chi connectivity index (χ0v) is 14.5. The first-order valence-electron chi connectivity index (χ1n) is 8.29. The lowest BCUT2D eigenvalue weighted by molar-refractivity contribution is -0.121. The number of aryl methyl sites for hydroxylation is 1. The van der Waals surface area contributed by atoms with Gasteiger partial charge in [0.2, 0.25) is 5.91 Å². The second kappa shape index (κ2) is 8.87. The van der Waals surface area contributed by atoms with Crippen LogP contribution in [-0.4, -0.2) is 24.1 Å². The molecule has 0 fully saturated rings. The number of nitrogens with one attached hydrogen (secondary N) is 1. The summed E-state index contributed by atoms with van der Waals surface area (Å²) in [5.41, 5.74) is 2.24. The number of carboxylic acids is 1. The standard InChI is InChI=1S/C20H23NO4/c1-3-18(15-9-11-17(25-2)12-10-15)21-19(22)13-6-14-4-7-16(8-5-14)20(23)24/h4-5,7-12,18H,3,6,13H2,1-2H3,(H,21,22)(H,23,24). The van der Waals surface area contributed by atoms with E-state index in [1.165, 1.54) is 0 Å². The summed E-state index contributed by atoms with van der Waals surface area (Å²) in [7, 11) is 1.62. The van der Waals surface area contributed by atoms with Gasteiger partial charge in [0.1, 0.15) is 5.75 Å². The van der Waals surface area contributed by atoms with E-state index in [2.05, 4.69) is 5.32 Å². The van der Waals surface area contributed by atoms with Gasteiger partial charge in [-0.1, -0.05) is 31.2 Å². The highest BCUT2D eigenvalue weighted by Crippen LogP contribution is 2.20. The van der Waals surface area contributed by atoms with Gasteiger partial charge >= 0.3 is 5.97 Å². The molecule has 2 aromatic carbocycles. The van der Waals surface area contributed by atoms with Crippen molar-refractivity contribution in [1.29, 1.82) is 0 Å². The Morgan fingerprint density at radius 3 is 2.24 bits per heavy atom. The SMILES string of the molecule is CCC(NC(=O)CCc1ccc(C(=O)O)cc1)c1ccc(OC)cc1. The van der Waals surface area contributed by atoms with Gasteiger partial charge in [-0.25, -0.2) is 4.79 Å². The molecular formula is C20H23NO4. The first-order chi connectivity index (χ1) is 12.0. The highest BCUT2D eigenvalue weighted by molar-refractivity contribution is 5.87. The van der Waals surface area contributed by atoms with Gasteiger partial charge in [-0.15, -0.1) is 0 Å². The number of carbonyl (C=O) groups is 2. The van der Waals surface area contributed by atoms with Crippen LogP contribution < -0.4 is 10.1 Å². The molecule has 0 aliphatic rings. The Kier molecular flexibility index (Phi) is 6.57. The van der Waals surface area contributed by atoms with Crippen molar-refractivity contribution in [2.45, 2.75) is 32.2 Å². The number of hydrogen-bond donors (Lipinski definition) is 2. The smallest absolute Gasteiger partial charge is 0.335 e. The van der Waals surface area contributed by atoms with Crippen molar-refractivity contribution >= 4 is 11.9 Å². The molecule has 0 aromatic heterocycles. The van der Waals surface area contributed by atoms with Crippen molar-refractivity contribution < 1.29 is 19.4 Å². The van der Waals surface area contributed by atoms with Crippen LogP contribution in [0.15, 0.2) is 48.5 Å². The van der Waals surface area contributed by atoms with Crippen molar-refractivity contribution in [3.63, 3.8) is 0 Å². The monoisotopic (exact) mass is 341 g/mol. The van der Waals surface area contributed by atoms with Gasteiger partial charge in [0.25, 0.3) is 0 Å². The summed E-state index contributed by atoms with van der Waals surface area (Å²) in [5.74, 6) is -0.186. The lowest BCUT2D eigenvalue weighted by Gasteiger charge is -2.18. The van der Waals surface area contributed by atoms with E-state index in [0.29, 0.717) is 12.8 Å². The molecule has 0 saturated carbocycles. The van der Waals surface area contributed by atoms with Crippen LogP contribution in [0, 0.1) is 0 Å². The number of amides is 1. The molecule has 2 N–H and O–H groups in total.